The molecule has 46 heavy (non-hydrogen) atoms. The van der Waals surface area contributed by atoms with Gasteiger partial charge in [-0.2, -0.15) is 0 Å². The number of hydrogen-bond acceptors (Lipinski definition) is 12. The molecule has 5 unspecified atom stereocenters. The zero-order valence-electron chi connectivity index (χ0n) is 26.2. The molecule has 0 aromatic heterocycles. The Bertz CT molecular complexity index is 1470. The molecule has 0 bridgehead atoms. The van der Waals surface area contributed by atoms with Crippen LogP contribution in [-0.4, -0.2) is 73.1 Å². The molecule has 2 aromatic rings. The van der Waals surface area contributed by atoms with Crippen molar-refractivity contribution in [1.29, 1.82) is 0 Å². The summed E-state index contributed by atoms with van der Waals surface area (Å²) in [5.41, 5.74) is 3.23. The first kappa shape index (κ1) is 34.1. The fraction of sp³-hybridized carbons (Fsp3) is 0.455. The Kier molecular flexibility index (Phi) is 11.1. The van der Waals surface area contributed by atoms with Gasteiger partial charge in [0, 0.05) is 40.5 Å². The molecule has 0 saturated carbocycles. The molecule has 2 aliphatic rings. The maximum atomic E-state index is 13.4. The number of fused-ring (bicyclic) bond motifs is 1. The standard InChI is InChI=1S/C33H37NO12/c1-17(35)34-27-15-14-24(25-8-6-7-9-26(25)27)22-10-12-23(13-11-22)32(40)46-33-31(44-21(5)39)30(43-20(4)38)29(42-19(3)37)28(45-33)16-41-18(2)36/h6-13,24,27-31,33H,14-16H2,1-5H3,(H,34,35)/t24-,27-,28?,29?,30?,31?,33?/m1/s1. The fourth-order valence-corrected chi connectivity index (χ4v) is 5.84. The summed E-state index contributed by atoms with van der Waals surface area (Å²) in [6, 6.07) is 14.6. The van der Waals surface area contributed by atoms with Gasteiger partial charge in [-0.3, -0.25) is 24.0 Å². The van der Waals surface area contributed by atoms with E-state index in [0.717, 1.165) is 57.2 Å². The highest BCUT2D eigenvalue weighted by Crippen LogP contribution is 2.41. The number of benzene rings is 2. The lowest BCUT2D eigenvalue weighted by Gasteiger charge is -2.43. The number of carbonyl (C=O) groups is 6. The van der Waals surface area contributed by atoms with Crippen LogP contribution >= 0.6 is 0 Å². The summed E-state index contributed by atoms with van der Waals surface area (Å²) < 4.78 is 32.6. The highest BCUT2D eigenvalue weighted by atomic mass is 16.7. The van der Waals surface area contributed by atoms with Crippen LogP contribution in [0.5, 0.6) is 0 Å². The average Bonchev–Trinajstić information content (AvgIpc) is 2.98. The third-order valence-corrected chi connectivity index (χ3v) is 7.59. The quantitative estimate of drug-likeness (QED) is 0.315. The van der Waals surface area contributed by atoms with Crippen molar-refractivity contribution in [1.82, 2.24) is 5.32 Å². The maximum absolute atomic E-state index is 13.4. The second kappa shape index (κ2) is 15.0. The monoisotopic (exact) mass is 639 g/mol. The molecule has 0 spiro atoms. The van der Waals surface area contributed by atoms with Gasteiger partial charge in [0.25, 0.3) is 0 Å². The fourth-order valence-electron chi connectivity index (χ4n) is 5.84. The van der Waals surface area contributed by atoms with E-state index in [9.17, 15) is 28.8 Å². The first-order chi connectivity index (χ1) is 21.8. The lowest BCUT2D eigenvalue weighted by molar-refractivity contribution is -0.294. The molecule has 246 valence electrons. The minimum Gasteiger partial charge on any atom is -0.463 e. The molecule has 13 heteroatoms. The van der Waals surface area contributed by atoms with Gasteiger partial charge in [0.2, 0.25) is 18.3 Å². The Hall–Kier alpha value is -4.78. The molecule has 1 aliphatic heterocycles. The van der Waals surface area contributed by atoms with Gasteiger partial charge in [0.15, 0.2) is 12.2 Å². The van der Waals surface area contributed by atoms with Crippen molar-refractivity contribution in [2.45, 2.75) is 90.1 Å². The predicted molar refractivity (Wildman–Crippen MR) is 158 cm³/mol. The molecular formula is C33H37NO12. The van der Waals surface area contributed by atoms with Crippen LogP contribution in [0.2, 0.25) is 0 Å². The molecule has 1 amide bonds. The van der Waals surface area contributed by atoms with Crippen LogP contribution in [0.1, 0.15) is 86.5 Å². The molecule has 1 saturated heterocycles. The van der Waals surface area contributed by atoms with Crippen LogP contribution in [0.15, 0.2) is 48.5 Å². The SMILES string of the molecule is CC(=O)N[C@@H]1CC[C@H](c2ccc(C(=O)OC3OC(COC(C)=O)C(OC(C)=O)C(OC(C)=O)C3OC(C)=O)cc2)c2ccccc21. The molecule has 2 aromatic carbocycles. The largest absolute Gasteiger partial charge is 0.463 e. The number of ether oxygens (including phenoxy) is 6. The van der Waals surface area contributed by atoms with Crippen molar-refractivity contribution in [2.75, 3.05) is 6.61 Å². The van der Waals surface area contributed by atoms with Crippen molar-refractivity contribution >= 4 is 35.8 Å². The van der Waals surface area contributed by atoms with E-state index in [2.05, 4.69) is 5.32 Å². The van der Waals surface area contributed by atoms with Crippen molar-refractivity contribution in [3.05, 3.63) is 70.8 Å². The summed E-state index contributed by atoms with van der Waals surface area (Å²) in [5, 5.41) is 3.01. The Labute approximate surface area is 265 Å². The van der Waals surface area contributed by atoms with Crippen LogP contribution in [0.4, 0.5) is 0 Å². The van der Waals surface area contributed by atoms with Crippen molar-refractivity contribution in [3.8, 4) is 0 Å². The predicted octanol–water partition coefficient (Wildman–Crippen LogP) is 3.03. The first-order valence-electron chi connectivity index (χ1n) is 14.8. The van der Waals surface area contributed by atoms with Gasteiger partial charge in [-0.05, 0) is 41.7 Å². The summed E-state index contributed by atoms with van der Waals surface area (Å²) in [6.07, 6.45) is -5.74. The normalized spacial score (nSPS) is 25.2. The first-order valence-corrected chi connectivity index (χ1v) is 14.8. The van der Waals surface area contributed by atoms with Gasteiger partial charge in [-0.1, -0.05) is 36.4 Å². The van der Waals surface area contributed by atoms with Crippen molar-refractivity contribution in [3.63, 3.8) is 0 Å². The third-order valence-electron chi connectivity index (χ3n) is 7.59. The number of amides is 1. The molecule has 1 heterocycles. The topological polar surface area (TPSA) is 170 Å². The van der Waals surface area contributed by atoms with Gasteiger partial charge in [-0.15, -0.1) is 0 Å². The minimum absolute atomic E-state index is 0.0334. The van der Waals surface area contributed by atoms with E-state index in [-0.39, 0.29) is 23.4 Å². The molecule has 7 atom stereocenters. The second-order valence-corrected chi connectivity index (χ2v) is 11.1. The zero-order valence-corrected chi connectivity index (χ0v) is 26.2. The molecule has 1 fully saturated rings. The van der Waals surface area contributed by atoms with Gasteiger partial charge in [-0.25, -0.2) is 4.79 Å². The lowest BCUT2D eigenvalue weighted by atomic mass is 9.76. The Balaban J connectivity index is 1.58. The smallest absolute Gasteiger partial charge is 0.340 e. The summed E-state index contributed by atoms with van der Waals surface area (Å²) in [6.45, 7) is 5.50. The van der Waals surface area contributed by atoms with E-state index in [0.29, 0.717) is 0 Å². The number of esters is 5. The van der Waals surface area contributed by atoms with Crippen LogP contribution < -0.4 is 5.32 Å². The summed E-state index contributed by atoms with van der Waals surface area (Å²) >= 11 is 0. The third kappa shape index (κ3) is 8.47. The molecule has 1 aliphatic carbocycles. The van der Waals surface area contributed by atoms with Gasteiger partial charge >= 0.3 is 29.8 Å². The highest BCUT2D eigenvalue weighted by molar-refractivity contribution is 5.89. The lowest BCUT2D eigenvalue weighted by Crippen LogP contribution is -2.63. The summed E-state index contributed by atoms with van der Waals surface area (Å²) in [5.74, 6) is -3.98. The van der Waals surface area contributed by atoms with Crippen LogP contribution in [0, 0.1) is 0 Å². The Morgan fingerprint density at radius 1 is 0.696 bits per heavy atom. The van der Waals surface area contributed by atoms with E-state index < -0.39 is 67.2 Å². The van der Waals surface area contributed by atoms with Gasteiger partial charge in [0.1, 0.15) is 12.7 Å². The van der Waals surface area contributed by atoms with E-state index in [1.54, 1.807) is 12.1 Å². The number of nitrogens with one attached hydrogen (secondary N) is 1. The van der Waals surface area contributed by atoms with Crippen molar-refractivity contribution in [2.24, 2.45) is 0 Å². The van der Waals surface area contributed by atoms with E-state index in [1.165, 1.54) is 6.92 Å². The highest BCUT2D eigenvalue weighted by Gasteiger charge is 2.53. The Morgan fingerprint density at radius 3 is 1.87 bits per heavy atom. The number of carbonyl (C=O) groups excluding carboxylic acids is 6. The maximum Gasteiger partial charge on any atom is 0.340 e. The van der Waals surface area contributed by atoms with Crippen LogP contribution in [0.25, 0.3) is 0 Å². The van der Waals surface area contributed by atoms with E-state index in [1.807, 2.05) is 36.4 Å². The summed E-state index contributed by atoms with van der Waals surface area (Å²) in [4.78, 5) is 72.7. The Morgan fingerprint density at radius 2 is 1.28 bits per heavy atom. The number of hydrogen-bond donors (Lipinski definition) is 1. The second-order valence-electron chi connectivity index (χ2n) is 11.1. The summed E-state index contributed by atoms with van der Waals surface area (Å²) in [7, 11) is 0. The molecular weight excluding hydrogens is 602 g/mol. The zero-order chi connectivity index (χ0) is 33.5. The molecule has 1 N–H and O–H groups in total. The molecule has 4 rings (SSSR count). The van der Waals surface area contributed by atoms with Crippen molar-refractivity contribution < 1.29 is 57.2 Å². The van der Waals surface area contributed by atoms with Gasteiger partial charge in [0.05, 0.1) is 11.6 Å². The van der Waals surface area contributed by atoms with E-state index in [4.69, 9.17) is 28.4 Å². The molecule has 0 radical (unpaired) electrons. The van der Waals surface area contributed by atoms with E-state index >= 15 is 0 Å². The number of rotatable bonds is 9. The minimum atomic E-state index is -1.64. The van der Waals surface area contributed by atoms with Crippen LogP contribution in [0.3, 0.4) is 0 Å². The average molecular weight is 640 g/mol. The molecule has 13 nitrogen and oxygen atoms in total. The van der Waals surface area contributed by atoms with Crippen LogP contribution in [-0.2, 0) is 52.4 Å². The van der Waals surface area contributed by atoms with Gasteiger partial charge < -0.3 is 33.7 Å².